The van der Waals surface area contributed by atoms with Crippen molar-refractivity contribution in [1.82, 2.24) is 9.97 Å². The first kappa shape index (κ1) is 12.6. The van der Waals surface area contributed by atoms with Crippen molar-refractivity contribution in [2.45, 2.75) is 52.0 Å². The van der Waals surface area contributed by atoms with Crippen molar-refractivity contribution in [3.05, 3.63) is 17.0 Å². The molecular formula is C13H20ClN3. The van der Waals surface area contributed by atoms with Crippen LogP contribution in [0.2, 0.25) is 5.15 Å². The van der Waals surface area contributed by atoms with Crippen LogP contribution in [0.3, 0.4) is 0 Å². The minimum absolute atomic E-state index is 0.609. The maximum atomic E-state index is 6.16. The second-order valence-corrected chi connectivity index (χ2v) is 4.93. The Morgan fingerprint density at radius 3 is 2.88 bits per heavy atom. The van der Waals surface area contributed by atoms with Gasteiger partial charge < -0.3 is 4.90 Å². The maximum Gasteiger partial charge on any atom is 0.137 e. The first-order valence-electron chi connectivity index (χ1n) is 6.53. The Morgan fingerprint density at radius 2 is 2.18 bits per heavy atom. The maximum absolute atomic E-state index is 6.16. The molecule has 1 aromatic rings. The molecule has 3 nitrogen and oxygen atoms in total. The highest BCUT2D eigenvalue weighted by atomic mass is 35.5. The molecule has 0 spiro atoms. The molecular weight excluding hydrogens is 234 g/mol. The average molecular weight is 254 g/mol. The summed E-state index contributed by atoms with van der Waals surface area (Å²) in [5.41, 5.74) is 1.09. The van der Waals surface area contributed by atoms with Gasteiger partial charge in [0.25, 0.3) is 0 Å². The van der Waals surface area contributed by atoms with Crippen molar-refractivity contribution in [3.8, 4) is 0 Å². The predicted molar refractivity (Wildman–Crippen MR) is 71.7 cm³/mol. The van der Waals surface area contributed by atoms with Crippen LogP contribution in [0.5, 0.6) is 0 Å². The molecule has 0 saturated carbocycles. The average Bonchev–Trinajstić information content (AvgIpc) is 2.38. The number of nitrogens with zero attached hydrogens (tertiary/aromatic N) is 3. The van der Waals surface area contributed by atoms with Gasteiger partial charge in [0.1, 0.15) is 17.3 Å². The van der Waals surface area contributed by atoms with Crippen molar-refractivity contribution in [3.63, 3.8) is 0 Å². The summed E-state index contributed by atoms with van der Waals surface area (Å²) in [6.07, 6.45) is 7.49. The number of rotatable bonds is 3. The molecule has 0 radical (unpaired) electrons. The van der Waals surface area contributed by atoms with E-state index in [1.165, 1.54) is 25.7 Å². The van der Waals surface area contributed by atoms with Crippen LogP contribution in [-0.4, -0.2) is 22.6 Å². The number of hydrogen-bond acceptors (Lipinski definition) is 3. The topological polar surface area (TPSA) is 29.0 Å². The van der Waals surface area contributed by atoms with Crippen LogP contribution in [0.4, 0.5) is 5.82 Å². The van der Waals surface area contributed by atoms with E-state index in [0.717, 1.165) is 24.3 Å². The summed E-state index contributed by atoms with van der Waals surface area (Å²) >= 11 is 6.16. The molecule has 1 atom stereocenters. The molecule has 17 heavy (non-hydrogen) atoms. The summed E-state index contributed by atoms with van der Waals surface area (Å²) < 4.78 is 0. The SMILES string of the molecule is CCc1c(Cl)ncnc1N1CCCCC1CC. The van der Waals surface area contributed by atoms with E-state index in [0.29, 0.717) is 11.2 Å². The molecule has 1 fully saturated rings. The molecule has 1 aliphatic heterocycles. The van der Waals surface area contributed by atoms with Crippen molar-refractivity contribution in [1.29, 1.82) is 0 Å². The quantitative estimate of drug-likeness (QED) is 0.773. The second kappa shape index (κ2) is 5.67. The number of anilines is 1. The Kier molecular flexibility index (Phi) is 4.21. The summed E-state index contributed by atoms with van der Waals surface area (Å²) in [6.45, 7) is 5.45. The van der Waals surface area contributed by atoms with E-state index in [1.807, 2.05) is 0 Å². The van der Waals surface area contributed by atoms with E-state index < -0.39 is 0 Å². The number of piperidine rings is 1. The highest BCUT2D eigenvalue weighted by molar-refractivity contribution is 6.30. The first-order valence-corrected chi connectivity index (χ1v) is 6.91. The largest absolute Gasteiger partial charge is 0.353 e. The van der Waals surface area contributed by atoms with Crippen LogP contribution >= 0.6 is 11.6 Å². The number of hydrogen-bond donors (Lipinski definition) is 0. The highest BCUT2D eigenvalue weighted by Crippen LogP contribution is 2.30. The predicted octanol–water partition coefficient (Wildman–Crippen LogP) is 3.46. The molecule has 2 heterocycles. The van der Waals surface area contributed by atoms with Gasteiger partial charge in [-0.15, -0.1) is 0 Å². The fourth-order valence-corrected chi connectivity index (χ4v) is 2.90. The van der Waals surface area contributed by atoms with Crippen molar-refractivity contribution < 1.29 is 0 Å². The summed E-state index contributed by atoms with van der Waals surface area (Å²) in [7, 11) is 0. The molecule has 1 aromatic heterocycles. The van der Waals surface area contributed by atoms with Gasteiger partial charge >= 0.3 is 0 Å². The van der Waals surface area contributed by atoms with Gasteiger partial charge in [0.05, 0.1) is 0 Å². The van der Waals surface area contributed by atoms with E-state index in [9.17, 15) is 0 Å². The third kappa shape index (κ3) is 2.54. The molecule has 0 N–H and O–H groups in total. The van der Waals surface area contributed by atoms with Crippen LogP contribution in [0.1, 0.15) is 45.1 Å². The number of halogens is 1. The summed E-state index contributed by atoms with van der Waals surface area (Å²) in [4.78, 5) is 11.0. The van der Waals surface area contributed by atoms with E-state index in [-0.39, 0.29) is 0 Å². The molecule has 94 valence electrons. The zero-order chi connectivity index (χ0) is 12.3. The zero-order valence-corrected chi connectivity index (χ0v) is 11.4. The molecule has 1 saturated heterocycles. The summed E-state index contributed by atoms with van der Waals surface area (Å²) in [6, 6.07) is 0.611. The van der Waals surface area contributed by atoms with E-state index in [2.05, 4.69) is 28.7 Å². The lowest BCUT2D eigenvalue weighted by atomic mass is 9.99. The van der Waals surface area contributed by atoms with Gasteiger partial charge in [0.2, 0.25) is 0 Å². The molecule has 0 amide bonds. The Bertz CT molecular complexity index is 381. The number of aromatic nitrogens is 2. The van der Waals surface area contributed by atoms with Gasteiger partial charge in [-0.1, -0.05) is 25.4 Å². The Hall–Kier alpha value is -0.830. The normalized spacial score (nSPS) is 20.6. The fourth-order valence-electron chi connectivity index (χ4n) is 2.64. The van der Waals surface area contributed by atoms with Crippen LogP contribution in [0, 0.1) is 0 Å². The zero-order valence-electron chi connectivity index (χ0n) is 10.6. The molecule has 0 aromatic carbocycles. The standard InChI is InChI=1S/C13H20ClN3/c1-3-10-7-5-6-8-17(10)13-11(4-2)12(14)15-9-16-13/h9-10H,3-8H2,1-2H3. The lowest BCUT2D eigenvalue weighted by Gasteiger charge is -2.37. The van der Waals surface area contributed by atoms with Crippen LogP contribution in [-0.2, 0) is 6.42 Å². The highest BCUT2D eigenvalue weighted by Gasteiger charge is 2.24. The van der Waals surface area contributed by atoms with Gasteiger partial charge in [-0.25, -0.2) is 9.97 Å². The Morgan fingerprint density at radius 1 is 1.35 bits per heavy atom. The molecule has 2 rings (SSSR count). The van der Waals surface area contributed by atoms with E-state index >= 15 is 0 Å². The van der Waals surface area contributed by atoms with Crippen LogP contribution in [0.25, 0.3) is 0 Å². The van der Waals surface area contributed by atoms with Crippen molar-refractivity contribution >= 4 is 17.4 Å². The summed E-state index contributed by atoms with van der Waals surface area (Å²) in [5.74, 6) is 1.05. The van der Waals surface area contributed by atoms with E-state index in [4.69, 9.17) is 11.6 Å². The van der Waals surface area contributed by atoms with Crippen LogP contribution in [0.15, 0.2) is 6.33 Å². The van der Waals surface area contributed by atoms with Gasteiger partial charge in [-0.05, 0) is 32.1 Å². The molecule has 0 aliphatic carbocycles. The van der Waals surface area contributed by atoms with Gasteiger partial charge in [-0.3, -0.25) is 0 Å². The second-order valence-electron chi connectivity index (χ2n) is 4.57. The Labute approximate surface area is 108 Å². The third-order valence-corrected chi connectivity index (χ3v) is 3.92. The van der Waals surface area contributed by atoms with E-state index in [1.54, 1.807) is 6.33 Å². The molecule has 0 bridgehead atoms. The lowest BCUT2D eigenvalue weighted by molar-refractivity contribution is 0.445. The van der Waals surface area contributed by atoms with Crippen molar-refractivity contribution in [2.75, 3.05) is 11.4 Å². The summed E-state index contributed by atoms with van der Waals surface area (Å²) in [5, 5.41) is 0.609. The fraction of sp³-hybridized carbons (Fsp3) is 0.692. The molecule has 1 aliphatic rings. The van der Waals surface area contributed by atoms with Crippen molar-refractivity contribution in [2.24, 2.45) is 0 Å². The Balaban J connectivity index is 2.34. The molecule has 1 unspecified atom stereocenters. The minimum atomic E-state index is 0.609. The minimum Gasteiger partial charge on any atom is -0.353 e. The third-order valence-electron chi connectivity index (χ3n) is 3.59. The van der Waals surface area contributed by atoms with Gasteiger partial charge in [0, 0.05) is 18.2 Å². The van der Waals surface area contributed by atoms with Gasteiger partial charge in [0.15, 0.2) is 0 Å². The van der Waals surface area contributed by atoms with Crippen LogP contribution < -0.4 is 4.90 Å². The first-order chi connectivity index (χ1) is 8.27. The lowest BCUT2D eigenvalue weighted by Crippen LogP contribution is -2.40. The molecule has 4 heteroatoms. The van der Waals surface area contributed by atoms with Gasteiger partial charge in [-0.2, -0.15) is 0 Å². The smallest absolute Gasteiger partial charge is 0.137 e. The monoisotopic (exact) mass is 253 g/mol.